The molecule has 0 saturated heterocycles. The highest BCUT2D eigenvalue weighted by Crippen LogP contribution is 2.49. The molecule has 0 heterocycles. The molecule has 0 bridgehead atoms. The third-order valence-electron chi connectivity index (χ3n) is 8.02. The Bertz CT molecular complexity index is 1620. The fourth-order valence-corrected chi connectivity index (χ4v) is 5.89. The van der Waals surface area contributed by atoms with E-state index in [4.69, 9.17) is 0 Å². The van der Waals surface area contributed by atoms with Gasteiger partial charge in [-0.1, -0.05) is 91.0 Å². The van der Waals surface area contributed by atoms with E-state index >= 15 is 0 Å². The topological polar surface area (TPSA) is 0 Å². The summed E-state index contributed by atoms with van der Waals surface area (Å²) in [5.41, 5.74) is 15.0. The molecule has 0 radical (unpaired) electrons. The smallest absolute Gasteiger partial charge is 0.0355 e. The summed E-state index contributed by atoms with van der Waals surface area (Å²) in [4.78, 5) is 0. The summed E-state index contributed by atoms with van der Waals surface area (Å²) < 4.78 is 0. The molecule has 0 saturated carbocycles. The standard InChI is InChI=1S/C35H30/c1-22-18-19-29(24(3)23(22)2)34-25(4)32(20-27-14-8-10-16-30(27)34)35-31-17-11-9-15-28(31)21-33(35)26-12-6-5-7-13-26/h5-21,35H,1-4H3. The first-order chi connectivity index (χ1) is 17.0. The van der Waals surface area contributed by atoms with Gasteiger partial charge in [0.1, 0.15) is 0 Å². The Morgan fingerprint density at radius 2 is 1.29 bits per heavy atom. The third-order valence-corrected chi connectivity index (χ3v) is 8.02. The fraction of sp³-hybridized carbons (Fsp3) is 0.143. The minimum absolute atomic E-state index is 0.212. The molecular weight excluding hydrogens is 420 g/mol. The quantitative estimate of drug-likeness (QED) is 0.257. The number of rotatable bonds is 3. The second-order valence-corrected chi connectivity index (χ2v) is 9.89. The zero-order valence-corrected chi connectivity index (χ0v) is 20.9. The van der Waals surface area contributed by atoms with Gasteiger partial charge in [0.25, 0.3) is 0 Å². The maximum absolute atomic E-state index is 2.44. The molecule has 0 N–H and O–H groups in total. The van der Waals surface area contributed by atoms with Crippen molar-refractivity contribution in [1.82, 2.24) is 0 Å². The molecule has 0 aromatic heterocycles. The molecule has 6 rings (SSSR count). The molecule has 35 heavy (non-hydrogen) atoms. The summed E-state index contributed by atoms with van der Waals surface area (Å²) in [7, 11) is 0. The Morgan fingerprint density at radius 3 is 2.11 bits per heavy atom. The van der Waals surface area contributed by atoms with Gasteiger partial charge in [0.05, 0.1) is 0 Å². The first-order valence-corrected chi connectivity index (χ1v) is 12.5. The van der Waals surface area contributed by atoms with Crippen LogP contribution in [0.25, 0.3) is 33.5 Å². The normalized spacial score (nSPS) is 14.7. The number of fused-ring (bicyclic) bond motifs is 2. The average Bonchev–Trinajstić information content (AvgIpc) is 3.28. The highest BCUT2D eigenvalue weighted by atomic mass is 14.3. The lowest BCUT2D eigenvalue weighted by molar-refractivity contribution is 1.05. The van der Waals surface area contributed by atoms with Crippen LogP contribution in [-0.4, -0.2) is 0 Å². The lowest BCUT2D eigenvalue weighted by Gasteiger charge is -2.25. The molecule has 0 aliphatic heterocycles. The third kappa shape index (κ3) is 3.44. The van der Waals surface area contributed by atoms with E-state index in [0.717, 1.165) is 0 Å². The predicted octanol–water partition coefficient (Wildman–Crippen LogP) is 9.43. The van der Waals surface area contributed by atoms with Crippen LogP contribution in [0.5, 0.6) is 0 Å². The summed E-state index contributed by atoms with van der Waals surface area (Å²) in [5, 5.41) is 2.63. The van der Waals surface area contributed by atoms with Gasteiger partial charge in [-0.25, -0.2) is 0 Å². The molecule has 0 nitrogen and oxygen atoms in total. The van der Waals surface area contributed by atoms with Crippen LogP contribution in [0.1, 0.15) is 50.4 Å². The van der Waals surface area contributed by atoms with Crippen LogP contribution >= 0.6 is 0 Å². The van der Waals surface area contributed by atoms with E-state index < -0.39 is 0 Å². The van der Waals surface area contributed by atoms with Gasteiger partial charge in [0.15, 0.2) is 0 Å². The van der Waals surface area contributed by atoms with Gasteiger partial charge >= 0.3 is 0 Å². The number of aryl methyl sites for hydroxylation is 1. The SMILES string of the molecule is Cc1ccc(-c2c(C)c(C3C(c4ccccc4)=Cc4ccccc43)cc3ccccc23)c(C)c1C. The molecule has 1 aliphatic carbocycles. The van der Waals surface area contributed by atoms with Gasteiger partial charge in [0, 0.05) is 5.92 Å². The van der Waals surface area contributed by atoms with Crippen LogP contribution < -0.4 is 0 Å². The van der Waals surface area contributed by atoms with Crippen LogP contribution in [0.3, 0.4) is 0 Å². The van der Waals surface area contributed by atoms with Gasteiger partial charge in [0.2, 0.25) is 0 Å². The summed E-state index contributed by atoms with van der Waals surface area (Å²) in [5.74, 6) is 0.212. The van der Waals surface area contributed by atoms with E-state index in [1.54, 1.807) is 0 Å². The van der Waals surface area contributed by atoms with E-state index in [1.807, 2.05) is 0 Å². The van der Waals surface area contributed by atoms with Crippen LogP contribution in [0.2, 0.25) is 0 Å². The van der Waals surface area contributed by atoms with Crippen molar-refractivity contribution in [2.24, 2.45) is 0 Å². The molecular formula is C35H30. The monoisotopic (exact) mass is 450 g/mol. The number of allylic oxidation sites excluding steroid dienone is 1. The number of benzene rings is 5. The molecule has 1 aliphatic rings. The van der Waals surface area contributed by atoms with Crippen molar-refractivity contribution in [1.29, 1.82) is 0 Å². The highest BCUT2D eigenvalue weighted by molar-refractivity contribution is 6.02. The largest absolute Gasteiger partial charge is 0.0622 e. The molecule has 0 heteroatoms. The van der Waals surface area contributed by atoms with Crippen LogP contribution in [0, 0.1) is 27.7 Å². The molecule has 5 aromatic rings. The Balaban J connectivity index is 1.67. The highest BCUT2D eigenvalue weighted by Gasteiger charge is 2.30. The van der Waals surface area contributed by atoms with Crippen molar-refractivity contribution in [3.8, 4) is 11.1 Å². The minimum Gasteiger partial charge on any atom is -0.0622 e. The molecule has 1 atom stereocenters. The second-order valence-electron chi connectivity index (χ2n) is 9.89. The van der Waals surface area contributed by atoms with Crippen molar-refractivity contribution in [2.75, 3.05) is 0 Å². The lowest BCUT2D eigenvalue weighted by atomic mass is 9.79. The Morgan fingerprint density at radius 1 is 0.571 bits per heavy atom. The predicted molar refractivity (Wildman–Crippen MR) is 151 cm³/mol. The van der Waals surface area contributed by atoms with Crippen LogP contribution in [0.15, 0.2) is 97.1 Å². The first-order valence-electron chi connectivity index (χ1n) is 12.5. The van der Waals surface area contributed by atoms with Crippen molar-refractivity contribution in [3.05, 3.63) is 142 Å². The summed E-state index contributed by atoms with van der Waals surface area (Å²) in [6, 6.07) is 35.7. The second kappa shape index (κ2) is 8.40. The maximum atomic E-state index is 2.44. The van der Waals surface area contributed by atoms with E-state index in [-0.39, 0.29) is 5.92 Å². The molecule has 0 amide bonds. The van der Waals surface area contributed by atoms with Crippen molar-refractivity contribution < 1.29 is 0 Å². The van der Waals surface area contributed by atoms with Crippen LogP contribution in [-0.2, 0) is 0 Å². The van der Waals surface area contributed by atoms with E-state index in [1.165, 1.54) is 72.0 Å². The Kier molecular flexibility index (Phi) is 5.19. The molecule has 0 spiro atoms. The van der Waals surface area contributed by atoms with Gasteiger partial charge in [-0.15, -0.1) is 0 Å². The molecule has 5 aromatic carbocycles. The van der Waals surface area contributed by atoms with Gasteiger partial charge < -0.3 is 0 Å². The van der Waals surface area contributed by atoms with Gasteiger partial charge in [-0.3, -0.25) is 0 Å². The van der Waals surface area contributed by atoms with Crippen LogP contribution in [0.4, 0.5) is 0 Å². The maximum Gasteiger partial charge on any atom is 0.0355 e. The van der Waals surface area contributed by atoms with E-state index in [9.17, 15) is 0 Å². The van der Waals surface area contributed by atoms with E-state index in [2.05, 4.69) is 131 Å². The summed E-state index contributed by atoms with van der Waals surface area (Å²) in [6.07, 6.45) is 2.39. The summed E-state index contributed by atoms with van der Waals surface area (Å²) >= 11 is 0. The number of hydrogen-bond donors (Lipinski definition) is 0. The zero-order chi connectivity index (χ0) is 24.1. The lowest BCUT2D eigenvalue weighted by Crippen LogP contribution is -2.06. The van der Waals surface area contributed by atoms with Gasteiger partial charge in [-0.2, -0.15) is 0 Å². The van der Waals surface area contributed by atoms with E-state index in [0.29, 0.717) is 0 Å². The summed E-state index contributed by atoms with van der Waals surface area (Å²) in [6.45, 7) is 9.06. The van der Waals surface area contributed by atoms with Crippen molar-refractivity contribution in [3.63, 3.8) is 0 Å². The zero-order valence-electron chi connectivity index (χ0n) is 20.9. The van der Waals surface area contributed by atoms with Gasteiger partial charge in [-0.05, 0) is 112 Å². The first kappa shape index (κ1) is 21.6. The Hall–Kier alpha value is -3.90. The number of hydrogen-bond acceptors (Lipinski definition) is 0. The minimum atomic E-state index is 0.212. The van der Waals surface area contributed by atoms with Crippen molar-refractivity contribution in [2.45, 2.75) is 33.6 Å². The molecule has 1 unspecified atom stereocenters. The fourth-order valence-electron chi connectivity index (χ4n) is 5.89. The molecule has 170 valence electrons. The molecule has 0 fully saturated rings. The average molecular weight is 451 g/mol. The Labute approximate surface area is 208 Å². The van der Waals surface area contributed by atoms with Crippen molar-refractivity contribution >= 4 is 22.4 Å².